The quantitative estimate of drug-likeness (QED) is 0.747. The van der Waals surface area contributed by atoms with E-state index in [0.717, 1.165) is 30.9 Å². The number of aryl methyl sites for hydroxylation is 1. The Morgan fingerprint density at radius 1 is 1.10 bits per heavy atom. The van der Waals surface area contributed by atoms with Crippen molar-refractivity contribution in [1.29, 1.82) is 0 Å². The van der Waals surface area contributed by atoms with Gasteiger partial charge in [0.15, 0.2) is 0 Å². The van der Waals surface area contributed by atoms with Crippen LogP contribution in [0.2, 0.25) is 0 Å². The monoisotopic (exact) mass is 280 g/mol. The Morgan fingerprint density at radius 3 is 2.81 bits per heavy atom. The summed E-state index contributed by atoms with van der Waals surface area (Å²) in [6, 6.07) is 12.6. The van der Waals surface area contributed by atoms with Crippen LogP contribution in [0.15, 0.2) is 61.3 Å². The van der Waals surface area contributed by atoms with Crippen molar-refractivity contribution in [3.8, 4) is 5.69 Å². The van der Waals surface area contributed by atoms with E-state index in [2.05, 4.69) is 52.3 Å². The maximum atomic E-state index is 4.12. The molecule has 0 unspecified atom stereocenters. The van der Waals surface area contributed by atoms with Crippen LogP contribution in [-0.4, -0.2) is 14.1 Å². The highest BCUT2D eigenvalue weighted by molar-refractivity contribution is 5.60. The van der Waals surface area contributed by atoms with Gasteiger partial charge in [0.05, 0.1) is 24.2 Å². The minimum atomic E-state index is 0.818. The Kier molecular flexibility index (Phi) is 4.05. The molecule has 0 aliphatic rings. The van der Waals surface area contributed by atoms with Gasteiger partial charge in [-0.25, -0.2) is 4.98 Å². The molecule has 0 saturated carbocycles. The van der Waals surface area contributed by atoms with Gasteiger partial charge < -0.3 is 14.5 Å². The second kappa shape index (κ2) is 6.31. The van der Waals surface area contributed by atoms with Crippen LogP contribution in [0.25, 0.3) is 5.69 Å². The van der Waals surface area contributed by atoms with Crippen LogP contribution in [-0.2, 0) is 13.1 Å². The number of hydrogen-bond acceptors (Lipinski definition) is 2. The summed E-state index contributed by atoms with van der Waals surface area (Å²) in [4.78, 5) is 4.12. The average molecular weight is 280 g/mol. The fourth-order valence-electron chi connectivity index (χ4n) is 2.50. The number of hydrogen-bond donors (Lipinski definition) is 1. The summed E-state index contributed by atoms with van der Waals surface area (Å²) in [5, 5.41) is 3.53. The van der Waals surface area contributed by atoms with Crippen LogP contribution in [0.3, 0.4) is 0 Å². The minimum absolute atomic E-state index is 0.818. The van der Waals surface area contributed by atoms with Crippen LogP contribution < -0.4 is 5.32 Å². The van der Waals surface area contributed by atoms with Crippen molar-refractivity contribution in [2.24, 2.45) is 0 Å². The zero-order valence-electron chi connectivity index (χ0n) is 12.2. The summed E-state index contributed by atoms with van der Waals surface area (Å²) >= 11 is 0. The van der Waals surface area contributed by atoms with Gasteiger partial charge in [-0.15, -0.1) is 0 Å². The van der Waals surface area contributed by atoms with E-state index in [1.807, 2.05) is 29.2 Å². The Labute approximate surface area is 125 Å². The van der Waals surface area contributed by atoms with Gasteiger partial charge in [0.25, 0.3) is 0 Å². The first-order chi connectivity index (χ1) is 10.4. The number of nitrogens with one attached hydrogen (secondary N) is 1. The Hall–Kier alpha value is -2.49. The van der Waals surface area contributed by atoms with Gasteiger partial charge in [0.1, 0.15) is 0 Å². The summed E-state index contributed by atoms with van der Waals surface area (Å²) in [6.45, 7) is 4.08. The maximum Gasteiger partial charge on any atom is 0.0992 e. The molecule has 3 aromatic rings. The average Bonchev–Trinajstić information content (AvgIpc) is 3.17. The predicted octanol–water partition coefficient (Wildman–Crippen LogP) is 3.70. The molecule has 108 valence electrons. The van der Waals surface area contributed by atoms with E-state index in [4.69, 9.17) is 0 Å². The van der Waals surface area contributed by atoms with Crippen LogP contribution in [0.5, 0.6) is 0 Å². The van der Waals surface area contributed by atoms with Gasteiger partial charge in [-0.1, -0.05) is 19.1 Å². The van der Waals surface area contributed by atoms with E-state index in [-0.39, 0.29) is 0 Å². The summed E-state index contributed by atoms with van der Waals surface area (Å²) < 4.78 is 4.32. The smallest absolute Gasteiger partial charge is 0.0992 e. The van der Waals surface area contributed by atoms with Crippen molar-refractivity contribution in [2.75, 3.05) is 5.32 Å². The normalized spacial score (nSPS) is 10.7. The minimum Gasteiger partial charge on any atom is -0.378 e. The molecule has 0 fully saturated rings. The molecular weight excluding hydrogens is 260 g/mol. The molecule has 1 aromatic carbocycles. The summed E-state index contributed by atoms with van der Waals surface area (Å²) in [5.74, 6) is 0. The number of anilines is 1. The Bertz CT molecular complexity index is 682. The number of nitrogens with zero attached hydrogens (tertiary/aromatic N) is 3. The van der Waals surface area contributed by atoms with E-state index in [1.54, 1.807) is 6.20 Å². The SMILES string of the molecule is CCCn1cccc1CNc1ccccc1-n1ccnc1. The van der Waals surface area contributed by atoms with E-state index >= 15 is 0 Å². The van der Waals surface area contributed by atoms with E-state index in [1.165, 1.54) is 5.69 Å². The Balaban J connectivity index is 1.78. The molecule has 4 nitrogen and oxygen atoms in total. The molecule has 1 N–H and O–H groups in total. The molecule has 0 bridgehead atoms. The molecule has 0 radical (unpaired) electrons. The first kappa shape index (κ1) is 13.5. The van der Waals surface area contributed by atoms with E-state index in [0.29, 0.717) is 0 Å². The maximum absolute atomic E-state index is 4.12. The number of aromatic nitrogens is 3. The summed E-state index contributed by atoms with van der Waals surface area (Å²) in [5.41, 5.74) is 3.53. The molecule has 0 aliphatic heterocycles. The van der Waals surface area contributed by atoms with Crippen LogP contribution in [0.1, 0.15) is 19.0 Å². The van der Waals surface area contributed by atoms with Crippen LogP contribution in [0.4, 0.5) is 5.69 Å². The standard InChI is InChI=1S/C17H20N4/c1-2-10-20-11-5-6-15(20)13-19-16-7-3-4-8-17(16)21-12-9-18-14-21/h3-9,11-12,14,19H,2,10,13H2,1H3. The predicted molar refractivity (Wildman–Crippen MR) is 85.6 cm³/mol. The number of benzene rings is 1. The van der Waals surface area contributed by atoms with E-state index < -0.39 is 0 Å². The lowest BCUT2D eigenvalue weighted by molar-refractivity contribution is 0.654. The number of imidazole rings is 1. The molecular formula is C17H20N4. The largest absolute Gasteiger partial charge is 0.378 e. The van der Waals surface area contributed by atoms with Gasteiger partial charge in [0.2, 0.25) is 0 Å². The highest BCUT2D eigenvalue weighted by Gasteiger charge is 2.05. The Morgan fingerprint density at radius 2 is 2.00 bits per heavy atom. The second-order valence-corrected chi connectivity index (χ2v) is 5.03. The van der Waals surface area contributed by atoms with Crippen molar-refractivity contribution < 1.29 is 0 Å². The third kappa shape index (κ3) is 2.99. The van der Waals surface area contributed by atoms with Crippen LogP contribution in [0, 0.1) is 0 Å². The first-order valence-corrected chi connectivity index (χ1v) is 7.33. The molecule has 0 amide bonds. The molecule has 0 saturated heterocycles. The number of rotatable bonds is 6. The molecule has 2 aromatic heterocycles. The molecule has 0 atom stereocenters. The molecule has 0 spiro atoms. The van der Waals surface area contributed by atoms with Gasteiger partial charge in [-0.3, -0.25) is 0 Å². The van der Waals surface area contributed by atoms with Crippen molar-refractivity contribution >= 4 is 5.69 Å². The van der Waals surface area contributed by atoms with Crippen LogP contribution >= 0.6 is 0 Å². The van der Waals surface area contributed by atoms with Crippen molar-refractivity contribution in [2.45, 2.75) is 26.4 Å². The second-order valence-electron chi connectivity index (χ2n) is 5.03. The lowest BCUT2D eigenvalue weighted by Crippen LogP contribution is -2.08. The highest BCUT2D eigenvalue weighted by atomic mass is 15.1. The number of para-hydroxylation sites is 2. The lowest BCUT2D eigenvalue weighted by Gasteiger charge is -2.14. The van der Waals surface area contributed by atoms with Gasteiger partial charge in [0, 0.05) is 30.8 Å². The zero-order chi connectivity index (χ0) is 14.5. The molecule has 4 heteroatoms. The topological polar surface area (TPSA) is 34.8 Å². The molecule has 2 heterocycles. The third-order valence-electron chi connectivity index (χ3n) is 3.53. The lowest BCUT2D eigenvalue weighted by atomic mass is 10.2. The van der Waals surface area contributed by atoms with Gasteiger partial charge in [-0.05, 0) is 30.7 Å². The first-order valence-electron chi connectivity index (χ1n) is 7.33. The van der Waals surface area contributed by atoms with Crippen molar-refractivity contribution in [3.63, 3.8) is 0 Å². The zero-order valence-corrected chi connectivity index (χ0v) is 12.2. The van der Waals surface area contributed by atoms with E-state index in [9.17, 15) is 0 Å². The fraction of sp³-hybridized carbons (Fsp3) is 0.235. The fourth-order valence-corrected chi connectivity index (χ4v) is 2.50. The van der Waals surface area contributed by atoms with Crippen molar-refractivity contribution in [3.05, 3.63) is 67.0 Å². The molecule has 0 aliphatic carbocycles. The summed E-state index contributed by atoms with van der Waals surface area (Å²) in [7, 11) is 0. The summed E-state index contributed by atoms with van der Waals surface area (Å²) in [6.07, 6.45) is 8.86. The third-order valence-corrected chi connectivity index (χ3v) is 3.53. The van der Waals surface area contributed by atoms with Gasteiger partial charge in [-0.2, -0.15) is 0 Å². The highest BCUT2D eigenvalue weighted by Crippen LogP contribution is 2.20. The van der Waals surface area contributed by atoms with Gasteiger partial charge >= 0.3 is 0 Å². The molecule has 21 heavy (non-hydrogen) atoms. The van der Waals surface area contributed by atoms with Crippen molar-refractivity contribution in [1.82, 2.24) is 14.1 Å². The molecule has 3 rings (SSSR count).